The van der Waals surface area contributed by atoms with Crippen LogP contribution < -0.4 is 5.32 Å². The van der Waals surface area contributed by atoms with Crippen LogP contribution in [0.3, 0.4) is 0 Å². The van der Waals surface area contributed by atoms with Gasteiger partial charge in [-0.2, -0.15) is 0 Å². The number of thioether (sulfide) groups is 2. The van der Waals surface area contributed by atoms with Crippen LogP contribution in [0.4, 0.5) is 0 Å². The second kappa shape index (κ2) is 10.0. The van der Waals surface area contributed by atoms with Crippen LogP contribution in [-0.2, 0) is 23.9 Å². The molecule has 7 nitrogen and oxygen atoms in total. The van der Waals surface area contributed by atoms with Crippen LogP contribution in [0.5, 0.6) is 0 Å². The molecule has 0 aromatic heterocycles. The van der Waals surface area contributed by atoms with Gasteiger partial charge < -0.3 is 15.0 Å². The van der Waals surface area contributed by atoms with Gasteiger partial charge in [0.2, 0.25) is 11.8 Å². The van der Waals surface area contributed by atoms with E-state index in [9.17, 15) is 19.2 Å². The smallest absolute Gasteiger partial charge is 0.329 e. The molecule has 2 amide bonds. The SMILES string of the molecule is CC[C@H](C)[C@H](SC(C)=O)C(=O)N[C@H]1CC[C@@H](C)[C@H]2SC[C@@H](C(=O)OC)N2C1=O. The Morgan fingerprint density at radius 2 is 2.04 bits per heavy atom. The van der Waals surface area contributed by atoms with E-state index in [4.69, 9.17) is 4.74 Å². The Bertz CT molecular complexity index is 629. The van der Waals surface area contributed by atoms with Gasteiger partial charge in [-0.25, -0.2) is 4.79 Å². The van der Waals surface area contributed by atoms with Crippen molar-refractivity contribution < 1.29 is 23.9 Å². The second-order valence-corrected chi connectivity index (χ2v) is 10.0. The van der Waals surface area contributed by atoms with Gasteiger partial charge in [0.05, 0.1) is 17.7 Å². The Labute approximate surface area is 175 Å². The van der Waals surface area contributed by atoms with Gasteiger partial charge >= 0.3 is 5.97 Å². The zero-order valence-corrected chi connectivity index (χ0v) is 18.7. The molecule has 2 aliphatic rings. The normalized spacial score (nSPS) is 29.5. The van der Waals surface area contributed by atoms with Crippen molar-refractivity contribution in [2.75, 3.05) is 12.9 Å². The summed E-state index contributed by atoms with van der Waals surface area (Å²) < 4.78 is 4.88. The predicted molar refractivity (Wildman–Crippen MR) is 111 cm³/mol. The first-order chi connectivity index (χ1) is 13.2. The molecular formula is C19H30N2O5S2. The molecule has 0 aliphatic carbocycles. The van der Waals surface area contributed by atoms with Gasteiger partial charge in [0.15, 0.2) is 5.12 Å². The van der Waals surface area contributed by atoms with E-state index in [-0.39, 0.29) is 34.1 Å². The van der Waals surface area contributed by atoms with Crippen LogP contribution in [0.15, 0.2) is 0 Å². The predicted octanol–water partition coefficient (Wildman–Crippen LogP) is 2.04. The van der Waals surface area contributed by atoms with Crippen molar-refractivity contribution in [3.8, 4) is 0 Å². The van der Waals surface area contributed by atoms with Gasteiger partial charge in [-0.3, -0.25) is 14.4 Å². The summed E-state index contributed by atoms with van der Waals surface area (Å²) in [6, 6.07) is -1.31. The van der Waals surface area contributed by atoms with Crippen LogP contribution >= 0.6 is 23.5 Å². The Balaban J connectivity index is 2.20. The van der Waals surface area contributed by atoms with Crippen LogP contribution in [0.25, 0.3) is 0 Å². The Kier molecular flexibility index (Phi) is 8.24. The Morgan fingerprint density at radius 3 is 2.61 bits per heavy atom. The summed E-state index contributed by atoms with van der Waals surface area (Å²) in [6.07, 6.45) is 2.04. The lowest BCUT2D eigenvalue weighted by molar-refractivity contribution is -0.152. The molecule has 2 heterocycles. The van der Waals surface area contributed by atoms with Crippen LogP contribution in [0, 0.1) is 11.8 Å². The number of hydrogen-bond acceptors (Lipinski definition) is 7. The van der Waals surface area contributed by atoms with Crippen molar-refractivity contribution in [3.05, 3.63) is 0 Å². The van der Waals surface area contributed by atoms with Gasteiger partial charge in [-0.1, -0.05) is 39.0 Å². The summed E-state index contributed by atoms with van der Waals surface area (Å²) in [4.78, 5) is 51.5. The largest absolute Gasteiger partial charge is 0.467 e. The minimum absolute atomic E-state index is 0.00612. The Hall–Kier alpha value is -1.22. The molecule has 0 aromatic rings. The second-order valence-electron chi connectivity index (χ2n) is 7.54. The summed E-state index contributed by atoms with van der Waals surface area (Å²) in [6.45, 7) is 7.41. The lowest BCUT2D eigenvalue weighted by Crippen LogP contribution is -2.55. The molecule has 1 N–H and O–H groups in total. The fraction of sp³-hybridized carbons (Fsp3) is 0.789. The molecule has 0 saturated carbocycles. The molecule has 9 heteroatoms. The first kappa shape index (κ1) is 23.1. The lowest BCUT2D eigenvalue weighted by atomic mass is 10.0. The fourth-order valence-electron chi connectivity index (χ4n) is 3.65. The number of esters is 1. The number of carbonyl (C=O) groups excluding carboxylic acids is 4. The van der Waals surface area contributed by atoms with E-state index in [1.165, 1.54) is 14.0 Å². The summed E-state index contributed by atoms with van der Waals surface area (Å²) in [5.41, 5.74) is 0. The van der Waals surface area contributed by atoms with Gasteiger partial charge in [0.1, 0.15) is 12.1 Å². The fourth-order valence-corrected chi connectivity index (χ4v) is 6.16. The highest BCUT2D eigenvalue weighted by Gasteiger charge is 2.48. The third-order valence-electron chi connectivity index (χ3n) is 5.49. The third-order valence-corrected chi connectivity index (χ3v) is 8.29. The van der Waals surface area contributed by atoms with E-state index in [1.807, 2.05) is 13.8 Å². The number of carbonyl (C=O) groups is 4. The van der Waals surface area contributed by atoms with Crippen molar-refractivity contribution in [1.29, 1.82) is 0 Å². The average Bonchev–Trinajstić information content (AvgIpc) is 3.07. The molecule has 6 atom stereocenters. The topological polar surface area (TPSA) is 92.8 Å². The van der Waals surface area contributed by atoms with Gasteiger partial charge in [0, 0.05) is 12.7 Å². The van der Waals surface area contributed by atoms with E-state index in [0.29, 0.717) is 12.2 Å². The molecule has 0 spiro atoms. The quantitative estimate of drug-likeness (QED) is 0.645. The zero-order valence-electron chi connectivity index (χ0n) is 17.1. The van der Waals surface area contributed by atoms with E-state index in [0.717, 1.165) is 24.6 Å². The van der Waals surface area contributed by atoms with E-state index >= 15 is 0 Å². The molecule has 0 bridgehead atoms. The monoisotopic (exact) mass is 430 g/mol. The number of hydrogen-bond donors (Lipinski definition) is 1. The first-order valence-electron chi connectivity index (χ1n) is 9.70. The summed E-state index contributed by atoms with van der Waals surface area (Å²) in [5, 5.41) is 2.13. The van der Waals surface area contributed by atoms with Crippen LogP contribution in [-0.4, -0.2) is 63.4 Å². The lowest BCUT2D eigenvalue weighted by Gasteiger charge is -2.31. The highest BCUT2D eigenvalue weighted by molar-refractivity contribution is 8.14. The molecule has 158 valence electrons. The van der Waals surface area contributed by atoms with E-state index in [1.54, 1.807) is 16.7 Å². The number of nitrogens with zero attached hydrogens (tertiary/aromatic N) is 1. The number of methoxy groups -OCH3 is 1. The van der Waals surface area contributed by atoms with Gasteiger partial charge in [0.25, 0.3) is 0 Å². The van der Waals surface area contributed by atoms with E-state index in [2.05, 4.69) is 12.2 Å². The molecule has 0 unspecified atom stereocenters. The Morgan fingerprint density at radius 1 is 1.36 bits per heavy atom. The number of rotatable bonds is 6. The van der Waals surface area contributed by atoms with Crippen molar-refractivity contribution in [2.45, 2.75) is 69.7 Å². The molecule has 2 rings (SSSR count). The third kappa shape index (κ3) is 5.03. The van der Waals surface area contributed by atoms with Crippen LogP contribution in [0.2, 0.25) is 0 Å². The first-order valence-corrected chi connectivity index (χ1v) is 11.6. The number of ether oxygens (including phenoxy) is 1. The highest BCUT2D eigenvalue weighted by atomic mass is 32.2. The number of amides is 2. The summed E-state index contributed by atoms with van der Waals surface area (Å²) >= 11 is 2.60. The molecule has 2 aliphatic heterocycles. The molecular weight excluding hydrogens is 400 g/mol. The van der Waals surface area contributed by atoms with Crippen molar-refractivity contribution in [1.82, 2.24) is 10.2 Å². The minimum atomic E-state index is -0.690. The maximum atomic E-state index is 13.2. The van der Waals surface area contributed by atoms with Crippen molar-refractivity contribution >= 4 is 46.4 Å². The van der Waals surface area contributed by atoms with Gasteiger partial charge in [-0.15, -0.1) is 11.8 Å². The van der Waals surface area contributed by atoms with Crippen LogP contribution in [0.1, 0.15) is 47.0 Å². The maximum Gasteiger partial charge on any atom is 0.329 e. The van der Waals surface area contributed by atoms with Gasteiger partial charge in [-0.05, 0) is 24.7 Å². The average molecular weight is 431 g/mol. The van der Waals surface area contributed by atoms with E-state index < -0.39 is 23.3 Å². The molecule has 28 heavy (non-hydrogen) atoms. The standard InChI is InChI=1S/C19H30N2O5S2/c1-6-10(2)15(28-12(4)22)16(23)20-13-8-7-11(3)18-21(17(13)24)14(9-27-18)19(25)26-5/h10-11,13-15,18H,6-9H2,1-5H3,(H,20,23)/t10-,11+,13-,14-,15-,18+/m0/s1. The maximum absolute atomic E-state index is 13.2. The summed E-state index contributed by atoms with van der Waals surface area (Å²) in [7, 11) is 1.32. The van der Waals surface area contributed by atoms with Crippen molar-refractivity contribution in [2.24, 2.45) is 11.8 Å². The molecule has 0 radical (unpaired) electrons. The summed E-state index contributed by atoms with van der Waals surface area (Å²) in [5.74, 6) is -0.232. The number of nitrogens with one attached hydrogen (secondary N) is 1. The number of fused-ring (bicyclic) bond motifs is 1. The molecule has 2 saturated heterocycles. The zero-order chi connectivity index (χ0) is 21.0. The molecule has 2 fully saturated rings. The molecule has 0 aromatic carbocycles. The minimum Gasteiger partial charge on any atom is -0.467 e. The van der Waals surface area contributed by atoms with Crippen molar-refractivity contribution in [3.63, 3.8) is 0 Å². The highest BCUT2D eigenvalue weighted by Crippen LogP contribution is 2.39.